The van der Waals surface area contributed by atoms with Crippen LogP contribution in [0.5, 0.6) is 0 Å². The summed E-state index contributed by atoms with van der Waals surface area (Å²) >= 11 is 1.94. The zero-order valence-corrected chi connectivity index (χ0v) is 10.8. The van der Waals surface area contributed by atoms with Crippen molar-refractivity contribution in [3.8, 4) is 0 Å². The van der Waals surface area contributed by atoms with Gasteiger partial charge in [-0.2, -0.15) is 0 Å². The van der Waals surface area contributed by atoms with Gasteiger partial charge in [0, 0.05) is 29.9 Å². The number of aromatic nitrogens is 1. The third-order valence-corrected chi connectivity index (χ3v) is 5.13. The maximum atomic E-state index is 4.83. The van der Waals surface area contributed by atoms with Gasteiger partial charge < -0.3 is 10.2 Å². The Morgan fingerprint density at radius 3 is 3.12 bits per heavy atom. The van der Waals surface area contributed by atoms with Crippen molar-refractivity contribution in [3.05, 3.63) is 15.6 Å². The van der Waals surface area contributed by atoms with E-state index in [0.717, 1.165) is 6.54 Å². The number of thiazole rings is 1. The summed E-state index contributed by atoms with van der Waals surface area (Å²) in [6.07, 6.45) is 2.64. The molecule has 1 aromatic heterocycles. The molecule has 2 unspecified atom stereocenters. The van der Waals surface area contributed by atoms with Gasteiger partial charge in [-0.15, -0.1) is 11.3 Å². The molecule has 1 saturated heterocycles. The monoisotopic (exact) mass is 237 g/mol. The molecule has 1 fully saturated rings. The van der Waals surface area contributed by atoms with Gasteiger partial charge in [0.05, 0.1) is 10.7 Å². The molecule has 0 aromatic carbocycles. The van der Waals surface area contributed by atoms with Gasteiger partial charge in [0.1, 0.15) is 0 Å². The smallest absolute Gasteiger partial charge is 0.0976 e. The number of nitrogens with one attached hydrogen (secondary N) is 1. The van der Waals surface area contributed by atoms with E-state index in [-0.39, 0.29) is 0 Å². The van der Waals surface area contributed by atoms with Crippen LogP contribution in [0, 0.1) is 0 Å². The molecule has 0 spiro atoms. The molecule has 3 nitrogen and oxygen atoms in total. The second-order valence-corrected chi connectivity index (χ2v) is 6.13. The van der Waals surface area contributed by atoms with Crippen molar-refractivity contribution in [3.63, 3.8) is 0 Å². The van der Waals surface area contributed by atoms with Crippen LogP contribution in [-0.4, -0.2) is 30.0 Å². The highest BCUT2D eigenvalue weighted by Gasteiger charge is 2.27. The van der Waals surface area contributed by atoms with Gasteiger partial charge in [0.15, 0.2) is 0 Å². The van der Waals surface area contributed by atoms with E-state index in [0.29, 0.717) is 12.0 Å². The van der Waals surface area contributed by atoms with Crippen LogP contribution in [-0.2, 0) is 6.54 Å². The van der Waals surface area contributed by atoms with Crippen LogP contribution < -0.4 is 5.32 Å². The molecule has 88 valence electrons. The number of likely N-dealkylation sites (tertiary alicyclic amines) is 1. The summed E-state index contributed by atoms with van der Waals surface area (Å²) < 4.78 is 0. The number of nitrogens with zero attached hydrogens (tertiary/aromatic N) is 2. The van der Waals surface area contributed by atoms with Crippen LogP contribution in [0.15, 0.2) is 0 Å². The second kappa shape index (κ2) is 4.09. The minimum atomic E-state index is 0.516. The first-order valence-electron chi connectivity index (χ1n) is 6.15. The second-order valence-electron chi connectivity index (χ2n) is 5.07. The number of hydrogen-bond acceptors (Lipinski definition) is 4. The van der Waals surface area contributed by atoms with Gasteiger partial charge in [-0.1, -0.05) is 0 Å². The SMILES string of the molecule is CC1NCc2nc(C3CCCN(C)C3)sc21. The summed E-state index contributed by atoms with van der Waals surface area (Å²) in [4.78, 5) is 8.74. The molecule has 0 radical (unpaired) electrons. The molecule has 1 aromatic rings. The van der Waals surface area contributed by atoms with E-state index in [2.05, 4.69) is 24.2 Å². The van der Waals surface area contributed by atoms with Gasteiger partial charge in [0.2, 0.25) is 0 Å². The number of piperidine rings is 1. The highest BCUT2D eigenvalue weighted by atomic mass is 32.1. The molecule has 1 N–H and O–H groups in total. The largest absolute Gasteiger partial charge is 0.306 e. The highest BCUT2D eigenvalue weighted by Crippen LogP contribution is 2.36. The van der Waals surface area contributed by atoms with Crippen LogP contribution in [0.4, 0.5) is 0 Å². The van der Waals surface area contributed by atoms with Gasteiger partial charge in [0.25, 0.3) is 0 Å². The lowest BCUT2D eigenvalue weighted by molar-refractivity contribution is 0.250. The zero-order chi connectivity index (χ0) is 11.1. The predicted molar refractivity (Wildman–Crippen MR) is 66.8 cm³/mol. The summed E-state index contributed by atoms with van der Waals surface area (Å²) in [5.41, 5.74) is 1.31. The van der Waals surface area contributed by atoms with E-state index in [9.17, 15) is 0 Å². The fourth-order valence-corrected chi connectivity index (χ4v) is 3.97. The predicted octanol–water partition coefficient (Wildman–Crippen LogP) is 2.12. The summed E-state index contributed by atoms with van der Waals surface area (Å²) in [5, 5.41) is 4.82. The molecule has 0 amide bonds. The van der Waals surface area contributed by atoms with Crippen molar-refractivity contribution >= 4 is 11.3 Å². The summed E-state index contributed by atoms with van der Waals surface area (Å²) in [7, 11) is 2.22. The third-order valence-electron chi connectivity index (χ3n) is 3.69. The Morgan fingerprint density at radius 2 is 2.38 bits per heavy atom. The Bertz CT molecular complexity index is 388. The van der Waals surface area contributed by atoms with E-state index < -0.39 is 0 Å². The first kappa shape index (κ1) is 10.7. The van der Waals surface area contributed by atoms with Gasteiger partial charge in [-0.25, -0.2) is 4.98 Å². The molecular formula is C12H19N3S. The van der Waals surface area contributed by atoms with E-state index in [1.54, 1.807) is 0 Å². The summed E-state index contributed by atoms with van der Waals surface area (Å²) in [5.74, 6) is 0.682. The fourth-order valence-electron chi connectivity index (χ4n) is 2.73. The number of likely N-dealkylation sites (N-methyl/N-ethyl adjacent to an activating group) is 1. The van der Waals surface area contributed by atoms with E-state index in [1.807, 2.05) is 11.3 Å². The molecule has 4 heteroatoms. The summed E-state index contributed by atoms with van der Waals surface area (Å²) in [6, 6.07) is 0.516. The Morgan fingerprint density at radius 1 is 1.50 bits per heavy atom. The molecular weight excluding hydrogens is 218 g/mol. The Hall–Kier alpha value is -0.450. The van der Waals surface area contributed by atoms with Crippen molar-refractivity contribution < 1.29 is 0 Å². The Kier molecular flexibility index (Phi) is 2.73. The van der Waals surface area contributed by atoms with E-state index >= 15 is 0 Å². The lowest BCUT2D eigenvalue weighted by atomic mass is 9.99. The van der Waals surface area contributed by atoms with Crippen molar-refractivity contribution in [2.45, 2.75) is 38.3 Å². The molecule has 2 aliphatic heterocycles. The van der Waals surface area contributed by atoms with Gasteiger partial charge in [-0.3, -0.25) is 0 Å². The molecule has 0 bridgehead atoms. The van der Waals surface area contributed by atoms with E-state index in [1.165, 1.54) is 41.5 Å². The molecule has 0 saturated carbocycles. The van der Waals surface area contributed by atoms with Gasteiger partial charge >= 0.3 is 0 Å². The quantitative estimate of drug-likeness (QED) is 0.811. The minimum absolute atomic E-state index is 0.516. The van der Waals surface area contributed by atoms with E-state index in [4.69, 9.17) is 4.98 Å². The lowest BCUT2D eigenvalue weighted by Gasteiger charge is -2.28. The average molecular weight is 237 g/mol. The van der Waals surface area contributed by atoms with Crippen LogP contribution >= 0.6 is 11.3 Å². The first-order valence-corrected chi connectivity index (χ1v) is 6.97. The molecule has 2 atom stereocenters. The van der Waals surface area contributed by atoms with Crippen molar-refractivity contribution in [1.29, 1.82) is 0 Å². The fraction of sp³-hybridized carbons (Fsp3) is 0.750. The van der Waals surface area contributed by atoms with Crippen LogP contribution in [0.3, 0.4) is 0 Å². The molecule has 2 aliphatic rings. The standard InChI is InChI=1S/C12H19N3S/c1-8-11-10(6-13-8)14-12(16-11)9-4-3-5-15(2)7-9/h8-9,13H,3-7H2,1-2H3. The molecule has 0 aliphatic carbocycles. The lowest BCUT2D eigenvalue weighted by Crippen LogP contribution is -2.30. The summed E-state index contributed by atoms with van der Waals surface area (Å²) in [6.45, 7) is 5.64. The third kappa shape index (κ3) is 1.79. The van der Waals surface area contributed by atoms with Crippen molar-refractivity contribution in [2.75, 3.05) is 20.1 Å². The molecule has 3 rings (SSSR count). The molecule has 16 heavy (non-hydrogen) atoms. The van der Waals surface area contributed by atoms with Crippen LogP contribution in [0.2, 0.25) is 0 Å². The first-order chi connectivity index (χ1) is 7.74. The van der Waals surface area contributed by atoms with Crippen molar-refractivity contribution in [1.82, 2.24) is 15.2 Å². The number of rotatable bonds is 1. The molecule has 3 heterocycles. The Labute approximate surface area is 101 Å². The normalized spacial score (nSPS) is 30.6. The highest BCUT2D eigenvalue weighted by molar-refractivity contribution is 7.12. The van der Waals surface area contributed by atoms with Crippen molar-refractivity contribution in [2.24, 2.45) is 0 Å². The topological polar surface area (TPSA) is 28.2 Å². The van der Waals surface area contributed by atoms with Crippen LogP contribution in [0.1, 0.15) is 47.3 Å². The zero-order valence-electron chi connectivity index (χ0n) is 9.99. The van der Waals surface area contributed by atoms with Gasteiger partial charge in [-0.05, 0) is 33.4 Å². The number of fused-ring (bicyclic) bond motifs is 1. The average Bonchev–Trinajstić information content (AvgIpc) is 2.81. The number of hydrogen-bond donors (Lipinski definition) is 1. The van der Waals surface area contributed by atoms with Crippen LogP contribution in [0.25, 0.3) is 0 Å². The Balaban J connectivity index is 1.82. The maximum absolute atomic E-state index is 4.83. The maximum Gasteiger partial charge on any atom is 0.0976 e. The minimum Gasteiger partial charge on any atom is -0.306 e.